The largest absolute Gasteiger partial charge is 0.462 e. The third-order valence-corrected chi connectivity index (χ3v) is 12.4. The van der Waals surface area contributed by atoms with Crippen molar-refractivity contribution in [1.29, 1.82) is 0 Å². The topological polar surface area (TPSA) is 78.9 Å². The van der Waals surface area contributed by atoms with Gasteiger partial charge in [-0.05, 0) is 83.5 Å². The van der Waals surface area contributed by atoms with Gasteiger partial charge in [0, 0.05) is 19.3 Å². The molecule has 0 aliphatic rings. The van der Waals surface area contributed by atoms with Gasteiger partial charge in [-0.3, -0.25) is 14.4 Å². The van der Waals surface area contributed by atoms with E-state index in [0.717, 1.165) is 83.5 Å². The van der Waals surface area contributed by atoms with Crippen molar-refractivity contribution >= 4 is 17.9 Å². The zero-order valence-electron chi connectivity index (χ0n) is 45.3. The van der Waals surface area contributed by atoms with Gasteiger partial charge in [0.1, 0.15) is 13.2 Å². The highest BCUT2D eigenvalue weighted by molar-refractivity contribution is 5.71. The minimum Gasteiger partial charge on any atom is -0.462 e. The lowest BCUT2D eigenvalue weighted by Crippen LogP contribution is -2.30. The van der Waals surface area contributed by atoms with Crippen molar-refractivity contribution in [3.8, 4) is 0 Å². The van der Waals surface area contributed by atoms with Crippen molar-refractivity contribution in [2.24, 2.45) is 0 Å². The molecule has 0 saturated carbocycles. The fourth-order valence-corrected chi connectivity index (χ4v) is 8.05. The van der Waals surface area contributed by atoms with Crippen LogP contribution in [0.2, 0.25) is 0 Å². The Morgan fingerprint density at radius 3 is 1.00 bits per heavy atom. The molecule has 0 aliphatic heterocycles. The molecular weight excluding hydrogens is 853 g/mol. The standard InChI is InChI=1S/C63H108O6/c1-4-7-10-13-16-19-22-25-28-31-33-35-38-41-44-47-50-53-56-62(65)68-59-60(58-67-61(64)55-52-49-46-43-40-37-34-30-27-24-21-18-15-12-9-6-3)69-63(66)57-54-51-48-45-42-39-36-32-29-26-23-20-17-14-11-8-5-2/h9,12,17-18,20-21,26-27,29-30,37,40,46,49,60H,4-8,10-11,13-16,19,22-25,28,31-36,38-39,41-45,47-48,50-59H2,1-3H3/b12-9-,20-17-,21-18-,29-26-,30-27-,40-37-,49-46-. The maximum atomic E-state index is 12.9. The molecule has 6 nitrogen and oxygen atoms in total. The van der Waals surface area contributed by atoms with Crippen LogP contribution < -0.4 is 0 Å². The Bertz CT molecular complexity index is 1330. The highest BCUT2D eigenvalue weighted by Gasteiger charge is 2.19. The third kappa shape index (κ3) is 55.4. The van der Waals surface area contributed by atoms with Crippen molar-refractivity contribution < 1.29 is 28.6 Å². The van der Waals surface area contributed by atoms with Crippen LogP contribution in [0.25, 0.3) is 0 Å². The predicted octanol–water partition coefficient (Wildman–Crippen LogP) is 19.5. The van der Waals surface area contributed by atoms with E-state index in [1.54, 1.807) is 0 Å². The van der Waals surface area contributed by atoms with E-state index >= 15 is 0 Å². The average molecular weight is 962 g/mol. The smallest absolute Gasteiger partial charge is 0.306 e. The second kappa shape index (κ2) is 57.2. The molecule has 0 spiro atoms. The van der Waals surface area contributed by atoms with Crippen LogP contribution in [0.4, 0.5) is 0 Å². The van der Waals surface area contributed by atoms with Gasteiger partial charge in [-0.2, -0.15) is 0 Å². The minimum atomic E-state index is -0.810. The van der Waals surface area contributed by atoms with Gasteiger partial charge in [-0.25, -0.2) is 0 Å². The van der Waals surface area contributed by atoms with E-state index in [2.05, 4.69) is 99.8 Å². The molecule has 0 aliphatic carbocycles. The van der Waals surface area contributed by atoms with Crippen LogP contribution in [0, 0.1) is 0 Å². The normalized spacial score (nSPS) is 12.7. The number of carbonyl (C=O) groups is 3. The van der Waals surface area contributed by atoms with Gasteiger partial charge in [0.05, 0.1) is 0 Å². The molecular formula is C63H108O6. The highest BCUT2D eigenvalue weighted by atomic mass is 16.6. The van der Waals surface area contributed by atoms with Gasteiger partial charge < -0.3 is 14.2 Å². The lowest BCUT2D eigenvalue weighted by molar-refractivity contribution is -0.166. The summed E-state index contributed by atoms with van der Waals surface area (Å²) in [6, 6.07) is 0. The van der Waals surface area contributed by atoms with Crippen LogP contribution in [0.3, 0.4) is 0 Å². The predicted molar refractivity (Wildman–Crippen MR) is 297 cm³/mol. The Hall–Kier alpha value is -3.41. The quantitative estimate of drug-likeness (QED) is 0.0262. The Balaban J connectivity index is 4.46. The van der Waals surface area contributed by atoms with Crippen molar-refractivity contribution in [3.63, 3.8) is 0 Å². The van der Waals surface area contributed by atoms with E-state index in [1.165, 1.54) is 148 Å². The molecule has 1 unspecified atom stereocenters. The summed E-state index contributed by atoms with van der Waals surface area (Å²) >= 11 is 0. The summed E-state index contributed by atoms with van der Waals surface area (Å²) in [5.74, 6) is -0.987. The van der Waals surface area contributed by atoms with Gasteiger partial charge in [0.25, 0.3) is 0 Å². The van der Waals surface area contributed by atoms with Crippen LogP contribution in [0.5, 0.6) is 0 Å². The SMILES string of the molecule is CC/C=C\C/C=C\C/C=C\C/C=C\C/C=C\CCC(=O)OCC(COC(=O)CCCCCCCCCCCCCCCCCCCC)OC(=O)CCCCCCCCC/C=C\C/C=C\CCCCC. The summed E-state index contributed by atoms with van der Waals surface area (Å²) < 4.78 is 16.8. The van der Waals surface area contributed by atoms with Gasteiger partial charge >= 0.3 is 17.9 Å². The van der Waals surface area contributed by atoms with Crippen molar-refractivity contribution in [2.45, 2.75) is 284 Å². The molecule has 396 valence electrons. The molecule has 0 saturated heterocycles. The third-order valence-electron chi connectivity index (χ3n) is 12.4. The molecule has 0 rings (SSSR count). The highest BCUT2D eigenvalue weighted by Crippen LogP contribution is 2.16. The molecule has 69 heavy (non-hydrogen) atoms. The van der Waals surface area contributed by atoms with E-state index in [0.29, 0.717) is 19.3 Å². The summed E-state index contributed by atoms with van der Waals surface area (Å²) in [4.78, 5) is 38.1. The molecule has 0 amide bonds. The molecule has 0 aromatic carbocycles. The van der Waals surface area contributed by atoms with E-state index in [9.17, 15) is 14.4 Å². The summed E-state index contributed by atoms with van der Waals surface area (Å²) in [5, 5.41) is 0. The Morgan fingerprint density at radius 1 is 0.304 bits per heavy atom. The summed E-state index contributed by atoms with van der Waals surface area (Å²) in [6.07, 6.45) is 74.4. The number of esters is 3. The molecule has 0 heterocycles. The monoisotopic (exact) mass is 961 g/mol. The molecule has 0 aromatic heterocycles. The summed E-state index contributed by atoms with van der Waals surface area (Å²) in [7, 11) is 0. The molecule has 0 bridgehead atoms. The number of allylic oxidation sites excluding steroid dienone is 14. The molecule has 0 fully saturated rings. The Morgan fingerprint density at radius 2 is 0.594 bits per heavy atom. The van der Waals surface area contributed by atoms with Crippen molar-refractivity contribution in [3.05, 3.63) is 85.1 Å². The first-order valence-electron chi connectivity index (χ1n) is 29.1. The molecule has 0 N–H and O–H groups in total. The average Bonchev–Trinajstić information content (AvgIpc) is 3.35. The number of ether oxygens (including phenoxy) is 3. The second-order valence-electron chi connectivity index (χ2n) is 19.2. The number of hydrogen-bond acceptors (Lipinski definition) is 6. The van der Waals surface area contributed by atoms with E-state index < -0.39 is 6.10 Å². The fourth-order valence-electron chi connectivity index (χ4n) is 8.05. The van der Waals surface area contributed by atoms with Gasteiger partial charge in [0.2, 0.25) is 0 Å². The molecule has 0 aromatic rings. The van der Waals surface area contributed by atoms with Gasteiger partial charge in [0.15, 0.2) is 6.10 Å². The molecule has 6 heteroatoms. The second-order valence-corrected chi connectivity index (χ2v) is 19.2. The van der Waals surface area contributed by atoms with Gasteiger partial charge in [-0.15, -0.1) is 0 Å². The van der Waals surface area contributed by atoms with Gasteiger partial charge in [-0.1, -0.05) is 260 Å². The summed E-state index contributed by atoms with van der Waals surface area (Å²) in [6.45, 7) is 6.45. The maximum Gasteiger partial charge on any atom is 0.306 e. The maximum absolute atomic E-state index is 12.9. The first-order chi connectivity index (χ1) is 34.0. The molecule has 0 radical (unpaired) electrons. The van der Waals surface area contributed by atoms with Crippen molar-refractivity contribution in [1.82, 2.24) is 0 Å². The number of hydrogen-bond donors (Lipinski definition) is 0. The minimum absolute atomic E-state index is 0.101. The Labute approximate surface area is 426 Å². The van der Waals surface area contributed by atoms with Crippen LogP contribution in [0.15, 0.2) is 85.1 Å². The van der Waals surface area contributed by atoms with Crippen molar-refractivity contribution in [2.75, 3.05) is 13.2 Å². The lowest BCUT2D eigenvalue weighted by atomic mass is 10.0. The zero-order chi connectivity index (χ0) is 50.0. The number of rotatable bonds is 52. The van der Waals surface area contributed by atoms with Crippen LogP contribution in [-0.4, -0.2) is 37.2 Å². The lowest BCUT2D eigenvalue weighted by Gasteiger charge is -2.18. The molecule has 1 atom stereocenters. The van der Waals surface area contributed by atoms with Crippen LogP contribution >= 0.6 is 0 Å². The van der Waals surface area contributed by atoms with Crippen LogP contribution in [-0.2, 0) is 28.6 Å². The number of carbonyl (C=O) groups excluding carboxylic acids is 3. The number of unbranched alkanes of at least 4 members (excludes halogenated alkanes) is 27. The Kier molecular flexibility index (Phi) is 54.3. The fraction of sp³-hybridized carbons (Fsp3) is 0.730. The van der Waals surface area contributed by atoms with E-state index in [4.69, 9.17) is 14.2 Å². The van der Waals surface area contributed by atoms with Crippen LogP contribution in [0.1, 0.15) is 278 Å². The summed E-state index contributed by atoms with van der Waals surface area (Å²) in [5.41, 5.74) is 0. The first-order valence-corrected chi connectivity index (χ1v) is 29.1. The van der Waals surface area contributed by atoms with E-state index in [-0.39, 0.29) is 37.5 Å². The zero-order valence-corrected chi connectivity index (χ0v) is 45.3. The van der Waals surface area contributed by atoms with E-state index in [1.807, 2.05) is 6.08 Å². The first kappa shape index (κ1) is 65.6.